The Morgan fingerprint density at radius 3 is 2.30 bits per heavy atom. The average molecular weight is 492 g/mol. The first-order valence-electron chi connectivity index (χ1n) is 10.3. The number of anilines is 2. The molecule has 0 aliphatic carbocycles. The highest BCUT2D eigenvalue weighted by Crippen LogP contribution is 2.39. The number of amides is 1. The molecule has 33 heavy (non-hydrogen) atoms. The number of rotatable bonds is 4. The normalized spacial score (nSPS) is 14.9. The molecule has 2 heterocycles. The Kier molecular flexibility index (Phi) is 5.71. The summed E-state index contributed by atoms with van der Waals surface area (Å²) in [6, 6.07) is 23.0. The lowest BCUT2D eigenvalue weighted by atomic mass is 10.1. The van der Waals surface area contributed by atoms with Crippen molar-refractivity contribution in [2.24, 2.45) is 4.99 Å². The third kappa shape index (κ3) is 4.04. The number of fused-ring (bicyclic) bond motifs is 1. The van der Waals surface area contributed by atoms with E-state index in [2.05, 4.69) is 0 Å². The molecule has 0 fully saturated rings. The molecule has 3 aromatic carbocycles. The largest absolute Gasteiger partial charge is 0.378 e. The molecule has 4 nitrogen and oxygen atoms in total. The second-order valence-corrected chi connectivity index (χ2v) is 9.68. The summed E-state index contributed by atoms with van der Waals surface area (Å²) in [5, 5.41) is 2.14. The van der Waals surface area contributed by atoms with Gasteiger partial charge in [0, 0.05) is 34.9 Å². The third-order valence-electron chi connectivity index (χ3n) is 5.40. The Morgan fingerprint density at radius 1 is 0.939 bits per heavy atom. The number of amidine groups is 1. The molecule has 4 aromatic rings. The van der Waals surface area contributed by atoms with Crippen molar-refractivity contribution in [3.63, 3.8) is 0 Å². The molecule has 0 atom stereocenters. The fourth-order valence-electron chi connectivity index (χ4n) is 3.68. The number of benzene rings is 3. The van der Waals surface area contributed by atoms with Gasteiger partial charge in [0.2, 0.25) is 0 Å². The van der Waals surface area contributed by atoms with E-state index in [1.807, 2.05) is 79.7 Å². The number of hydrogen-bond acceptors (Lipinski definition) is 4. The second-order valence-electron chi connectivity index (χ2n) is 7.81. The number of carbonyl (C=O) groups excluding carboxylic acids is 1. The predicted octanol–water partition coefficient (Wildman–Crippen LogP) is 7.11. The first-order valence-corrected chi connectivity index (χ1v) is 11.8. The van der Waals surface area contributed by atoms with Gasteiger partial charge in [0.1, 0.15) is 5.70 Å². The minimum absolute atomic E-state index is 0.211. The van der Waals surface area contributed by atoms with Gasteiger partial charge in [-0.1, -0.05) is 53.5 Å². The zero-order valence-electron chi connectivity index (χ0n) is 17.9. The molecular weight excluding hydrogens is 473 g/mol. The standard InChI is InChI=1S/C26H19Cl2N3OS/c1-30(2)18-11-7-16(8-12-18)15-21-26(32)31(19-13-9-17(27)10-14-19)25(29-21)24-23(28)20-5-3-4-6-22(20)33-24/h3-15H,1-2H3/b21-15+. The van der Waals surface area contributed by atoms with Crippen LogP contribution in [0.25, 0.3) is 16.2 Å². The van der Waals surface area contributed by atoms with Gasteiger partial charge in [-0.05, 0) is 54.1 Å². The van der Waals surface area contributed by atoms with E-state index in [9.17, 15) is 4.79 Å². The van der Waals surface area contributed by atoms with Crippen LogP contribution < -0.4 is 9.80 Å². The summed E-state index contributed by atoms with van der Waals surface area (Å²) in [5.74, 6) is 0.308. The number of aliphatic imine (C=N–C) groups is 1. The van der Waals surface area contributed by atoms with Gasteiger partial charge in [0.15, 0.2) is 5.84 Å². The summed E-state index contributed by atoms with van der Waals surface area (Å²) in [7, 11) is 3.98. The zero-order valence-corrected chi connectivity index (χ0v) is 20.2. The van der Waals surface area contributed by atoms with Gasteiger partial charge in [-0.2, -0.15) is 0 Å². The van der Waals surface area contributed by atoms with Crippen molar-refractivity contribution in [2.45, 2.75) is 0 Å². The zero-order chi connectivity index (χ0) is 23.1. The molecule has 1 amide bonds. The molecule has 0 radical (unpaired) electrons. The number of nitrogens with zero attached hydrogens (tertiary/aromatic N) is 3. The lowest BCUT2D eigenvalue weighted by Gasteiger charge is -2.18. The monoisotopic (exact) mass is 491 g/mol. The summed E-state index contributed by atoms with van der Waals surface area (Å²) < 4.78 is 1.04. The SMILES string of the molecule is CN(C)c1ccc(/C=C2/N=C(c3sc4ccccc4c3Cl)N(c3ccc(Cl)cc3)C2=O)cc1. The van der Waals surface area contributed by atoms with Gasteiger partial charge in [0.05, 0.1) is 15.6 Å². The van der Waals surface area contributed by atoms with Crippen molar-refractivity contribution >= 4 is 73.8 Å². The summed E-state index contributed by atoms with van der Waals surface area (Å²) in [6.45, 7) is 0. The molecule has 0 saturated carbocycles. The van der Waals surface area contributed by atoms with Gasteiger partial charge >= 0.3 is 0 Å². The van der Waals surface area contributed by atoms with Crippen molar-refractivity contribution in [3.8, 4) is 0 Å². The quantitative estimate of drug-likeness (QED) is 0.285. The molecule has 0 spiro atoms. The number of thiophene rings is 1. The van der Waals surface area contributed by atoms with Crippen LogP contribution in [0.15, 0.2) is 83.5 Å². The fraction of sp³-hybridized carbons (Fsp3) is 0.0769. The first-order chi connectivity index (χ1) is 15.9. The van der Waals surface area contributed by atoms with E-state index in [0.717, 1.165) is 26.2 Å². The van der Waals surface area contributed by atoms with Crippen LogP contribution in [0.2, 0.25) is 10.0 Å². The van der Waals surface area contributed by atoms with E-state index in [0.29, 0.717) is 27.3 Å². The lowest BCUT2D eigenvalue weighted by molar-refractivity contribution is -0.113. The third-order valence-corrected chi connectivity index (χ3v) is 7.32. The predicted molar refractivity (Wildman–Crippen MR) is 141 cm³/mol. The average Bonchev–Trinajstić information content (AvgIpc) is 3.32. The highest BCUT2D eigenvalue weighted by atomic mass is 35.5. The van der Waals surface area contributed by atoms with Crippen LogP contribution in [-0.4, -0.2) is 25.8 Å². The van der Waals surface area contributed by atoms with E-state index in [-0.39, 0.29) is 5.91 Å². The van der Waals surface area contributed by atoms with Gasteiger partial charge in [0.25, 0.3) is 5.91 Å². The molecule has 1 aliphatic rings. The fourth-order valence-corrected chi connectivity index (χ4v) is 5.30. The summed E-state index contributed by atoms with van der Waals surface area (Å²) >= 11 is 14.4. The Morgan fingerprint density at radius 2 is 1.64 bits per heavy atom. The van der Waals surface area contributed by atoms with E-state index >= 15 is 0 Å². The molecule has 1 aliphatic heterocycles. The van der Waals surface area contributed by atoms with E-state index in [4.69, 9.17) is 28.2 Å². The molecule has 0 saturated heterocycles. The molecule has 164 valence electrons. The van der Waals surface area contributed by atoms with Crippen molar-refractivity contribution in [2.75, 3.05) is 23.9 Å². The molecule has 7 heteroatoms. The highest BCUT2D eigenvalue weighted by Gasteiger charge is 2.34. The van der Waals surface area contributed by atoms with Crippen LogP contribution in [0.5, 0.6) is 0 Å². The number of hydrogen-bond donors (Lipinski definition) is 0. The Balaban J connectivity index is 1.64. The van der Waals surface area contributed by atoms with Crippen LogP contribution >= 0.6 is 34.5 Å². The number of halogens is 2. The van der Waals surface area contributed by atoms with Crippen molar-refractivity contribution in [1.29, 1.82) is 0 Å². The summed E-state index contributed by atoms with van der Waals surface area (Å²) in [4.78, 5) is 22.7. The maximum Gasteiger partial charge on any atom is 0.282 e. The molecule has 5 rings (SSSR count). The summed E-state index contributed by atoms with van der Waals surface area (Å²) in [6.07, 6.45) is 1.80. The van der Waals surface area contributed by atoms with Crippen molar-refractivity contribution < 1.29 is 4.79 Å². The molecule has 0 bridgehead atoms. The number of carbonyl (C=O) groups is 1. The minimum atomic E-state index is -0.211. The lowest BCUT2D eigenvalue weighted by Crippen LogP contribution is -2.32. The van der Waals surface area contributed by atoms with Gasteiger partial charge < -0.3 is 4.90 Å². The van der Waals surface area contributed by atoms with Crippen LogP contribution in [-0.2, 0) is 4.79 Å². The molecular formula is C26H19Cl2N3OS. The van der Waals surface area contributed by atoms with Crippen LogP contribution in [0.3, 0.4) is 0 Å². The smallest absolute Gasteiger partial charge is 0.282 e. The van der Waals surface area contributed by atoms with E-state index in [1.165, 1.54) is 11.3 Å². The molecule has 1 aromatic heterocycles. The van der Waals surface area contributed by atoms with E-state index in [1.54, 1.807) is 23.1 Å². The maximum absolute atomic E-state index is 13.5. The maximum atomic E-state index is 13.5. The second kappa shape index (κ2) is 8.67. The van der Waals surface area contributed by atoms with Crippen molar-refractivity contribution in [1.82, 2.24) is 0 Å². The van der Waals surface area contributed by atoms with Gasteiger partial charge in [-0.15, -0.1) is 11.3 Å². The Bertz CT molecular complexity index is 1420. The van der Waals surface area contributed by atoms with Crippen LogP contribution in [0.1, 0.15) is 10.4 Å². The van der Waals surface area contributed by atoms with Crippen molar-refractivity contribution in [3.05, 3.63) is 99.0 Å². The van der Waals surface area contributed by atoms with Gasteiger partial charge in [-0.3, -0.25) is 9.69 Å². The topological polar surface area (TPSA) is 35.9 Å². The molecule has 0 N–H and O–H groups in total. The Labute approximate surface area is 206 Å². The summed E-state index contributed by atoms with van der Waals surface area (Å²) in [5.41, 5.74) is 3.01. The minimum Gasteiger partial charge on any atom is -0.378 e. The van der Waals surface area contributed by atoms with Crippen LogP contribution in [0, 0.1) is 0 Å². The molecule has 0 unspecified atom stereocenters. The highest BCUT2D eigenvalue weighted by molar-refractivity contribution is 7.21. The van der Waals surface area contributed by atoms with Crippen LogP contribution in [0.4, 0.5) is 11.4 Å². The first kappa shape index (κ1) is 21.7. The van der Waals surface area contributed by atoms with Gasteiger partial charge in [-0.25, -0.2) is 4.99 Å². The van der Waals surface area contributed by atoms with E-state index < -0.39 is 0 Å². The Hall–Kier alpha value is -3.12.